The summed E-state index contributed by atoms with van der Waals surface area (Å²) in [5.41, 5.74) is 0.0879. The van der Waals surface area contributed by atoms with Gasteiger partial charge in [-0.1, -0.05) is 6.58 Å². The molecule has 0 saturated carbocycles. The molecule has 0 fully saturated rings. The predicted octanol–water partition coefficient (Wildman–Crippen LogP) is 1.28. The van der Waals surface area contributed by atoms with Crippen LogP contribution < -0.4 is 0 Å². The number of aromatic nitrogens is 2. The zero-order chi connectivity index (χ0) is 9.14. The molecule has 0 aliphatic carbocycles. The molecule has 1 atom stereocenters. The lowest BCUT2D eigenvalue weighted by atomic mass is 10.2. The fourth-order valence-electron chi connectivity index (χ4n) is 0.751. The van der Waals surface area contributed by atoms with Crippen LogP contribution in [-0.2, 0) is 0 Å². The Kier molecular flexibility index (Phi) is 2.54. The van der Waals surface area contributed by atoms with E-state index in [1.807, 2.05) is 0 Å². The monoisotopic (exact) mass is 174 g/mol. The number of alkyl halides is 2. The Hall–Kier alpha value is -1.23. The van der Waals surface area contributed by atoms with Crippen molar-refractivity contribution in [3.05, 3.63) is 24.5 Å². The van der Waals surface area contributed by atoms with Gasteiger partial charge in [0.15, 0.2) is 0 Å². The maximum Gasteiger partial charge on any atom is 0.268 e. The van der Waals surface area contributed by atoms with E-state index in [9.17, 15) is 8.78 Å². The summed E-state index contributed by atoms with van der Waals surface area (Å²) >= 11 is 0. The van der Waals surface area contributed by atoms with Crippen molar-refractivity contribution in [1.29, 1.82) is 0 Å². The third kappa shape index (κ3) is 1.68. The van der Waals surface area contributed by atoms with Crippen molar-refractivity contribution in [2.24, 2.45) is 0 Å². The number of aliphatic hydroxyl groups is 1. The Labute approximate surface area is 67.9 Å². The summed E-state index contributed by atoms with van der Waals surface area (Å²) in [6.07, 6.45) is -0.726. The number of nitrogens with zero attached hydrogens (tertiary/aromatic N) is 2. The minimum atomic E-state index is -2.78. The van der Waals surface area contributed by atoms with Crippen molar-refractivity contribution in [3.8, 4) is 0 Å². The van der Waals surface area contributed by atoms with Crippen LogP contribution in [0.2, 0.25) is 0 Å². The molecule has 12 heavy (non-hydrogen) atoms. The van der Waals surface area contributed by atoms with Gasteiger partial charge in [0.05, 0.1) is 6.20 Å². The van der Waals surface area contributed by atoms with E-state index < -0.39 is 12.5 Å². The molecule has 1 unspecified atom stereocenters. The highest BCUT2D eigenvalue weighted by Crippen LogP contribution is 2.19. The standard InChI is InChI=1S/C7H8F2N2O/c1-2-11-4-5(3-10-11)6(12)7(8)9/h2-4,6-7,12H,1H2. The molecule has 0 aliphatic rings. The zero-order valence-corrected chi connectivity index (χ0v) is 6.19. The summed E-state index contributed by atoms with van der Waals surface area (Å²) in [7, 11) is 0. The summed E-state index contributed by atoms with van der Waals surface area (Å²) in [5.74, 6) is 0. The van der Waals surface area contributed by atoms with E-state index in [1.165, 1.54) is 23.3 Å². The lowest BCUT2D eigenvalue weighted by Gasteiger charge is -2.04. The van der Waals surface area contributed by atoms with Gasteiger partial charge in [-0.05, 0) is 0 Å². The zero-order valence-electron chi connectivity index (χ0n) is 6.19. The van der Waals surface area contributed by atoms with E-state index in [0.29, 0.717) is 0 Å². The van der Waals surface area contributed by atoms with Gasteiger partial charge in [-0.3, -0.25) is 0 Å². The number of aliphatic hydroxyl groups excluding tert-OH is 1. The minimum Gasteiger partial charge on any atom is -0.382 e. The molecule has 0 spiro atoms. The molecule has 1 aromatic rings. The van der Waals surface area contributed by atoms with Gasteiger partial charge in [0.1, 0.15) is 6.10 Å². The molecule has 0 radical (unpaired) electrons. The second kappa shape index (κ2) is 3.44. The average molecular weight is 174 g/mol. The molecule has 0 aliphatic heterocycles. The first-order valence-corrected chi connectivity index (χ1v) is 3.28. The molecule has 1 rings (SSSR count). The summed E-state index contributed by atoms with van der Waals surface area (Å²) in [4.78, 5) is 0. The van der Waals surface area contributed by atoms with E-state index in [-0.39, 0.29) is 5.56 Å². The van der Waals surface area contributed by atoms with E-state index >= 15 is 0 Å². The lowest BCUT2D eigenvalue weighted by molar-refractivity contribution is -0.00579. The predicted molar refractivity (Wildman–Crippen MR) is 39.6 cm³/mol. The highest BCUT2D eigenvalue weighted by atomic mass is 19.3. The van der Waals surface area contributed by atoms with Crippen molar-refractivity contribution in [2.75, 3.05) is 0 Å². The van der Waals surface area contributed by atoms with Crippen LogP contribution in [-0.4, -0.2) is 21.3 Å². The summed E-state index contributed by atoms with van der Waals surface area (Å²) < 4.78 is 25.1. The Balaban J connectivity index is 2.81. The molecule has 5 heteroatoms. The second-order valence-corrected chi connectivity index (χ2v) is 2.22. The van der Waals surface area contributed by atoms with Crippen LogP contribution >= 0.6 is 0 Å². The molecular formula is C7H8F2N2O. The first-order chi connectivity index (χ1) is 5.65. The molecule has 0 saturated heterocycles. The van der Waals surface area contributed by atoms with Gasteiger partial charge in [-0.15, -0.1) is 0 Å². The molecule has 3 nitrogen and oxygen atoms in total. The maximum atomic E-state index is 11.9. The van der Waals surface area contributed by atoms with Crippen molar-refractivity contribution in [3.63, 3.8) is 0 Å². The first-order valence-electron chi connectivity index (χ1n) is 3.28. The van der Waals surface area contributed by atoms with Gasteiger partial charge in [-0.25, -0.2) is 13.5 Å². The van der Waals surface area contributed by atoms with Crippen LogP contribution in [0.15, 0.2) is 19.0 Å². The smallest absolute Gasteiger partial charge is 0.268 e. The summed E-state index contributed by atoms with van der Waals surface area (Å²) in [6, 6.07) is 0. The molecule has 0 bridgehead atoms. The Bertz CT molecular complexity index is 272. The SMILES string of the molecule is C=Cn1cc(C(O)C(F)F)cn1. The molecule has 0 aromatic carbocycles. The number of halogens is 2. The second-order valence-electron chi connectivity index (χ2n) is 2.22. The largest absolute Gasteiger partial charge is 0.382 e. The number of rotatable bonds is 3. The van der Waals surface area contributed by atoms with Crippen LogP contribution in [0.4, 0.5) is 8.78 Å². The Morgan fingerprint density at radius 2 is 2.33 bits per heavy atom. The molecule has 1 N–H and O–H groups in total. The molecule has 1 aromatic heterocycles. The normalized spacial score (nSPS) is 13.3. The third-order valence-corrected chi connectivity index (χ3v) is 1.39. The van der Waals surface area contributed by atoms with Crippen LogP contribution in [0.3, 0.4) is 0 Å². The average Bonchev–Trinajstić information content (AvgIpc) is 2.50. The van der Waals surface area contributed by atoms with Crippen molar-refractivity contribution in [1.82, 2.24) is 9.78 Å². The van der Waals surface area contributed by atoms with E-state index in [4.69, 9.17) is 5.11 Å². The minimum absolute atomic E-state index is 0.0879. The van der Waals surface area contributed by atoms with Gasteiger partial charge in [0.25, 0.3) is 6.43 Å². The van der Waals surface area contributed by atoms with E-state index in [1.54, 1.807) is 0 Å². The maximum absolute atomic E-state index is 11.9. The number of hydrogen-bond acceptors (Lipinski definition) is 2. The summed E-state index contributed by atoms with van der Waals surface area (Å²) in [5, 5.41) is 12.5. The quantitative estimate of drug-likeness (QED) is 0.749. The third-order valence-electron chi connectivity index (χ3n) is 1.39. The van der Waals surface area contributed by atoms with Gasteiger partial charge in [0.2, 0.25) is 0 Å². The molecule has 0 amide bonds. The van der Waals surface area contributed by atoms with Gasteiger partial charge in [0, 0.05) is 18.0 Å². The van der Waals surface area contributed by atoms with Crippen molar-refractivity contribution in [2.45, 2.75) is 12.5 Å². The Morgan fingerprint density at radius 1 is 1.67 bits per heavy atom. The van der Waals surface area contributed by atoms with Crippen LogP contribution in [0.5, 0.6) is 0 Å². The fraction of sp³-hybridized carbons (Fsp3) is 0.286. The topological polar surface area (TPSA) is 38.0 Å². The van der Waals surface area contributed by atoms with Gasteiger partial charge in [-0.2, -0.15) is 5.10 Å². The van der Waals surface area contributed by atoms with Gasteiger partial charge < -0.3 is 5.11 Å². The lowest BCUT2D eigenvalue weighted by Crippen LogP contribution is -2.06. The molecule has 66 valence electrons. The van der Waals surface area contributed by atoms with Crippen LogP contribution in [0.25, 0.3) is 6.20 Å². The molecule has 1 heterocycles. The molecular weight excluding hydrogens is 166 g/mol. The number of hydrogen-bond donors (Lipinski definition) is 1. The van der Waals surface area contributed by atoms with Crippen molar-refractivity contribution < 1.29 is 13.9 Å². The fourth-order valence-corrected chi connectivity index (χ4v) is 0.751. The highest BCUT2D eigenvalue weighted by Gasteiger charge is 2.20. The van der Waals surface area contributed by atoms with Gasteiger partial charge >= 0.3 is 0 Å². The Morgan fingerprint density at radius 3 is 2.75 bits per heavy atom. The van der Waals surface area contributed by atoms with Crippen LogP contribution in [0.1, 0.15) is 11.7 Å². The van der Waals surface area contributed by atoms with Crippen molar-refractivity contribution >= 4 is 6.20 Å². The van der Waals surface area contributed by atoms with E-state index in [0.717, 1.165) is 0 Å². The van der Waals surface area contributed by atoms with Crippen LogP contribution in [0, 0.1) is 0 Å². The first kappa shape index (κ1) is 8.86. The van der Waals surface area contributed by atoms with E-state index in [2.05, 4.69) is 11.7 Å². The highest BCUT2D eigenvalue weighted by molar-refractivity contribution is 5.19. The summed E-state index contributed by atoms with van der Waals surface area (Å²) in [6.45, 7) is 3.38.